The fourth-order valence-electron chi connectivity index (χ4n) is 3.15. The van der Waals surface area contributed by atoms with Crippen LogP contribution in [0.1, 0.15) is 32.6 Å². The molecule has 1 heterocycles. The summed E-state index contributed by atoms with van der Waals surface area (Å²) in [5.74, 6) is -0.856. The molecule has 0 spiro atoms. The molecule has 1 aliphatic rings. The van der Waals surface area contributed by atoms with Crippen molar-refractivity contribution in [3.63, 3.8) is 0 Å². The van der Waals surface area contributed by atoms with Crippen LogP contribution < -0.4 is 4.90 Å². The fraction of sp³-hybridized carbons (Fsp3) is 0.278. The minimum atomic E-state index is -0.856. The van der Waals surface area contributed by atoms with Crippen LogP contribution in [0, 0.1) is 13.8 Å². The van der Waals surface area contributed by atoms with Gasteiger partial charge in [0.25, 0.3) is 0 Å². The van der Waals surface area contributed by atoms with Crippen molar-refractivity contribution in [2.75, 3.05) is 11.4 Å². The molecular formula is C18H19NO2. The predicted octanol–water partition coefficient (Wildman–Crippen LogP) is 3.56. The number of fused-ring (bicyclic) bond motifs is 1. The number of aromatic carboxylic acids is 1. The Hall–Kier alpha value is -2.29. The van der Waals surface area contributed by atoms with Crippen molar-refractivity contribution in [3.8, 4) is 0 Å². The monoisotopic (exact) mass is 281 g/mol. The van der Waals surface area contributed by atoms with E-state index in [0.717, 1.165) is 25.1 Å². The van der Waals surface area contributed by atoms with E-state index in [-0.39, 0.29) is 0 Å². The maximum absolute atomic E-state index is 11.0. The minimum absolute atomic E-state index is 0.377. The van der Waals surface area contributed by atoms with Crippen LogP contribution in [0.2, 0.25) is 0 Å². The van der Waals surface area contributed by atoms with Gasteiger partial charge in [0, 0.05) is 18.8 Å². The van der Waals surface area contributed by atoms with Gasteiger partial charge >= 0.3 is 5.97 Å². The molecular weight excluding hydrogens is 262 g/mol. The molecule has 0 fully saturated rings. The van der Waals surface area contributed by atoms with E-state index in [1.54, 1.807) is 12.1 Å². The standard InChI is InChI=1S/C18H19NO2/c1-12-7-13(2)9-14(8-12)11-19-6-5-15-10-16(18(20)21)3-4-17(15)19/h3-4,7-10H,5-6,11H2,1-2H3,(H,20,21). The van der Waals surface area contributed by atoms with E-state index < -0.39 is 5.97 Å². The van der Waals surface area contributed by atoms with Crippen molar-refractivity contribution < 1.29 is 9.90 Å². The van der Waals surface area contributed by atoms with Crippen molar-refractivity contribution in [3.05, 3.63) is 64.2 Å². The molecule has 0 saturated heterocycles. The molecule has 108 valence electrons. The number of carboxylic acid groups (broad SMARTS) is 1. The smallest absolute Gasteiger partial charge is 0.335 e. The third kappa shape index (κ3) is 2.77. The van der Waals surface area contributed by atoms with Crippen molar-refractivity contribution in [1.29, 1.82) is 0 Å². The van der Waals surface area contributed by atoms with E-state index in [9.17, 15) is 4.79 Å². The number of benzene rings is 2. The highest BCUT2D eigenvalue weighted by molar-refractivity contribution is 5.88. The Morgan fingerprint density at radius 3 is 2.52 bits per heavy atom. The van der Waals surface area contributed by atoms with Gasteiger partial charge in [-0.3, -0.25) is 0 Å². The van der Waals surface area contributed by atoms with Crippen LogP contribution in [0.25, 0.3) is 0 Å². The lowest BCUT2D eigenvalue weighted by Crippen LogP contribution is -2.19. The molecule has 0 unspecified atom stereocenters. The highest BCUT2D eigenvalue weighted by atomic mass is 16.4. The average Bonchev–Trinajstić information content (AvgIpc) is 2.80. The molecule has 0 saturated carbocycles. The predicted molar refractivity (Wildman–Crippen MR) is 84.1 cm³/mol. The Balaban J connectivity index is 1.86. The first-order valence-electron chi connectivity index (χ1n) is 7.21. The van der Waals surface area contributed by atoms with Gasteiger partial charge in [0.15, 0.2) is 0 Å². The number of carbonyl (C=O) groups is 1. The number of hydrogen-bond donors (Lipinski definition) is 1. The van der Waals surface area contributed by atoms with Gasteiger partial charge in [-0.1, -0.05) is 29.3 Å². The van der Waals surface area contributed by atoms with Gasteiger partial charge in [-0.05, 0) is 49.6 Å². The number of nitrogens with zero attached hydrogens (tertiary/aromatic N) is 1. The van der Waals surface area contributed by atoms with Crippen LogP contribution >= 0.6 is 0 Å². The summed E-state index contributed by atoms with van der Waals surface area (Å²) >= 11 is 0. The topological polar surface area (TPSA) is 40.5 Å². The van der Waals surface area contributed by atoms with Crippen LogP contribution in [0.15, 0.2) is 36.4 Å². The fourth-order valence-corrected chi connectivity index (χ4v) is 3.15. The Bertz CT molecular complexity index is 686. The molecule has 1 aliphatic heterocycles. The zero-order chi connectivity index (χ0) is 15.0. The summed E-state index contributed by atoms with van der Waals surface area (Å²) in [5.41, 5.74) is 6.55. The van der Waals surface area contributed by atoms with Crippen LogP contribution in [0.4, 0.5) is 5.69 Å². The zero-order valence-corrected chi connectivity index (χ0v) is 12.4. The second kappa shape index (κ2) is 5.24. The molecule has 3 rings (SSSR count). The second-order valence-corrected chi connectivity index (χ2v) is 5.82. The largest absolute Gasteiger partial charge is 0.478 e. The number of hydrogen-bond acceptors (Lipinski definition) is 2. The molecule has 3 nitrogen and oxygen atoms in total. The van der Waals surface area contributed by atoms with E-state index in [0.29, 0.717) is 5.56 Å². The van der Waals surface area contributed by atoms with Gasteiger partial charge in [0.05, 0.1) is 5.56 Å². The Kier molecular flexibility index (Phi) is 3.42. The number of carboxylic acids is 1. The van der Waals surface area contributed by atoms with Crippen LogP contribution in [-0.4, -0.2) is 17.6 Å². The lowest BCUT2D eigenvalue weighted by Gasteiger charge is -2.20. The number of anilines is 1. The average molecular weight is 281 g/mol. The van der Waals surface area contributed by atoms with E-state index in [1.165, 1.54) is 22.4 Å². The maximum Gasteiger partial charge on any atom is 0.335 e. The van der Waals surface area contributed by atoms with Crippen molar-refractivity contribution in [2.24, 2.45) is 0 Å². The maximum atomic E-state index is 11.0. The molecule has 21 heavy (non-hydrogen) atoms. The van der Waals surface area contributed by atoms with Gasteiger partial charge in [-0.15, -0.1) is 0 Å². The van der Waals surface area contributed by atoms with Gasteiger partial charge in [-0.2, -0.15) is 0 Å². The summed E-state index contributed by atoms with van der Waals surface area (Å²) in [4.78, 5) is 13.4. The first-order valence-corrected chi connectivity index (χ1v) is 7.21. The quantitative estimate of drug-likeness (QED) is 0.935. The van der Waals surface area contributed by atoms with Crippen molar-refractivity contribution >= 4 is 11.7 Å². The molecule has 0 amide bonds. The summed E-state index contributed by atoms with van der Waals surface area (Å²) in [5, 5.41) is 9.06. The SMILES string of the molecule is Cc1cc(C)cc(CN2CCc3cc(C(=O)O)ccc32)c1. The molecule has 0 aromatic heterocycles. The third-order valence-corrected chi connectivity index (χ3v) is 3.97. The van der Waals surface area contributed by atoms with Gasteiger partial charge in [0.1, 0.15) is 0 Å². The molecule has 0 bridgehead atoms. The summed E-state index contributed by atoms with van der Waals surface area (Å²) in [7, 11) is 0. The summed E-state index contributed by atoms with van der Waals surface area (Å²) in [6, 6.07) is 12.1. The van der Waals surface area contributed by atoms with Gasteiger partial charge in [-0.25, -0.2) is 4.79 Å². The second-order valence-electron chi connectivity index (χ2n) is 5.82. The van der Waals surface area contributed by atoms with E-state index in [2.05, 4.69) is 36.9 Å². The minimum Gasteiger partial charge on any atom is -0.478 e. The molecule has 2 aromatic rings. The van der Waals surface area contributed by atoms with Crippen LogP contribution in [0.5, 0.6) is 0 Å². The number of aryl methyl sites for hydroxylation is 2. The van der Waals surface area contributed by atoms with E-state index >= 15 is 0 Å². The Morgan fingerprint density at radius 1 is 1.14 bits per heavy atom. The highest BCUT2D eigenvalue weighted by Crippen LogP contribution is 2.30. The zero-order valence-electron chi connectivity index (χ0n) is 12.4. The molecule has 0 atom stereocenters. The molecule has 0 aliphatic carbocycles. The van der Waals surface area contributed by atoms with E-state index in [4.69, 9.17) is 5.11 Å². The first-order chi connectivity index (χ1) is 10.0. The number of rotatable bonds is 3. The third-order valence-electron chi connectivity index (χ3n) is 3.97. The van der Waals surface area contributed by atoms with Crippen molar-refractivity contribution in [2.45, 2.75) is 26.8 Å². The summed E-state index contributed by atoms with van der Waals surface area (Å²) in [6.07, 6.45) is 0.918. The summed E-state index contributed by atoms with van der Waals surface area (Å²) < 4.78 is 0. The molecule has 0 radical (unpaired) electrons. The van der Waals surface area contributed by atoms with Crippen LogP contribution in [0.3, 0.4) is 0 Å². The summed E-state index contributed by atoms with van der Waals surface area (Å²) in [6.45, 7) is 6.06. The first kappa shape index (κ1) is 13.7. The lowest BCUT2D eigenvalue weighted by atomic mass is 10.1. The molecule has 2 aromatic carbocycles. The Morgan fingerprint density at radius 2 is 1.86 bits per heavy atom. The molecule has 3 heteroatoms. The van der Waals surface area contributed by atoms with Gasteiger partial charge in [0.2, 0.25) is 0 Å². The van der Waals surface area contributed by atoms with E-state index in [1.807, 2.05) is 6.07 Å². The Labute approximate surface area is 124 Å². The van der Waals surface area contributed by atoms with Crippen molar-refractivity contribution in [1.82, 2.24) is 0 Å². The van der Waals surface area contributed by atoms with Gasteiger partial charge < -0.3 is 10.0 Å². The highest BCUT2D eigenvalue weighted by Gasteiger charge is 2.20. The lowest BCUT2D eigenvalue weighted by molar-refractivity contribution is 0.0697. The normalized spacial score (nSPS) is 13.3. The molecule has 1 N–H and O–H groups in total. The van der Waals surface area contributed by atoms with Crippen LogP contribution in [-0.2, 0) is 13.0 Å².